The summed E-state index contributed by atoms with van der Waals surface area (Å²) in [5.41, 5.74) is 2.12. The fraction of sp³-hybridized carbons (Fsp3) is 0.263. The van der Waals surface area contributed by atoms with E-state index in [1.165, 1.54) is 18.7 Å². The van der Waals surface area contributed by atoms with Gasteiger partial charge in [0, 0.05) is 25.2 Å². The van der Waals surface area contributed by atoms with Crippen molar-refractivity contribution in [1.29, 1.82) is 0 Å². The van der Waals surface area contributed by atoms with Crippen LogP contribution in [0.15, 0.2) is 46.2 Å². The molecule has 0 spiro atoms. The van der Waals surface area contributed by atoms with Crippen LogP contribution in [0.1, 0.15) is 30.0 Å². The number of aryl methyl sites for hydroxylation is 1. The third-order valence-electron chi connectivity index (χ3n) is 4.08. The maximum atomic E-state index is 12.7. The number of ketones is 1. The van der Waals surface area contributed by atoms with E-state index < -0.39 is 0 Å². The topological polar surface area (TPSA) is 90.0 Å². The van der Waals surface area contributed by atoms with Gasteiger partial charge in [0.05, 0.1) is 17.1 Å². The highest BCUT2D eigenvalue weighted by atomic mass is 32.2. The quantitative estimate of drug-likeness (QED) is 0.515. The van der Waals surface area contributed by atoms with E-state index in [1.807, 2.05) is 31.5 Å². The standard InChI is InChI=1S/C19H20N4O3S/c1-11-16(9-10-26-11)18-21-22-19(23(18)4)27-12(2)17(25)14-5-7-15(8-6-14)20-13(3)24/h5-10,12H,1-4H3,(H,20,24). The minimum Gasteiger partial charge on any atom is -0.469 e. The van der Waals surface area contributed by atoms with E-state index in [0.717, 1.165) is 11.3 Å². The summed E-state index contributed by atoms with van der Waals surface area (Å²) in [5.74, 6) is 1.30. The molecule has 27 heavy (non-hydrogen) atoms. The molecule has 7 nitrogen and oxygen atoms in total. The van der Waals surface area contributed by atoms with Crippen LogP contribution < -0.4 is 5.32 Å². The zero-order valence-electron chi connectivity index (χ0n) is 15.5. The molecule has 8 heteroatoms. The average molecular weight is 384 g/mol. The van der Waals surface area contributed by atoms with Gasteiger partial charge in [-0.15, -0.1) is 10.2 Å². The van der Waals surface area contributed by atoms with Crippen LogP contribution in [0.2, 0.25) is 0 Å². The second-order valence-corrected chi connectivity index (χ2v) is 7.45. The van der Waals surface area contributed by atoms with Gasteiger partial charge in [0.15, 0.2) is 16.8 Å². The number of benzene rings is 1. The number of nitrogens with zero attached hydrogens (tertiary/aromatic N) is 3. The number of rotatable bonds is 6. The number of hydrogen-bond donors (Lipinski definition) is 1. The SMILES string of the molecule is CC(=O)Nc1ccc(C(=O)C(C)Sc2nnc(-c3ccoc3C)n2C)cc1. The van der Waals surface area contributed by atoms with Crippen LogP contribution in [0.5, 0.6) is 0 Å². The minimum absolute atomic E-state index is 0.0154. The monoisotopic (exact) mass is 384 g/mol. The number of hydrogen-bond acceptors (Lipinski definition) is 6. The van der Waals surface area contributed by atoms with Crippen LogP contribution in [0.3, 0.4) is 0 Å². The molecule has 1 N–H and O–H groups in total. The lowest BCUT2D eigenvalue weighted by atomic mass is 10.1. The number of thioether (sulfide) groups is 1. The maximum Gasteiger partial charge on any atom is 0.221 e. The second kappa shape index (κ2) is 7.79. The Bertz CT molecular complexity index is 975. The number of anilines is 1. The van der Waals surface area contributed by atoms with Crippen LogP contribution in [-0.2, 0) is 11.8 Å². The highest BCUT2D eigenvalue weighted by molar-refractivity contribution is 8.00. The highest BCUT2D eigenvalue weighted by Gasteiger charge is 2.21. The Morgan fingerprint density at radius 1 is 1.19 bits per heavy atom. The number of aromatic nitrogens is 3. The Labute approximate surface area is 161 Å². The van der Waals surface area contributed by atoms with Crippen molar-refractivity contribution in [2.24, 2.45) is 7.05 Å². The van der Waals surface area contributed by atoms with Gasteiger partial charge in [-0.1, -0.05) is 11.8 Å². The van der Waals surface area contributed by atoms with Crippen molar-refractivity contribution in [2.75, 3.05) is 5.32 Å². The molecular formula is C19H20N4O3S. The lowest BCUT2D eigenvalue weighted by molar-refractivity contribution is -0.114. The third kappa shape index (κ3) is 4.11. The van der Waals surface area contributed by atoms with Crippen molar-refractivity contribution in [1.82, 2.24) is 14.8 Å². The molecule has 0 aliphatic carbocycles. The molecule has 3 aromatic rings. The van der Waals surface area contributed by atoms with Gasteiger partial charge in [-0.05, 0) is 44.2 Å². The predicted octanol–water partition coefficient (Wildman–Crippen LogP) is 3.71. The number of carbonyl (C=O) groups excluding carboxylic acids is 2. The van der Waals surface area contributed by atoms with E-state index in [0.29, 0.717) is 22.2 Å². The number of carbonyl (C=O) groups is 2. The molecule has 1 unspecified atom stereocenters. The molecule has 0 aliphatic rings. The molecule has 2 heterocycles. The molecule has 2 aromatic heterocycles. The van der Waals surface area contributed by atoms with Gasteiger partial charge in [-0.25, -0.2) is 0 Å². The predicted molar refractivity (Wildman–Crippen MR) is 104 cm³/mol. The van der Waals surface area contributed by atoms with Crippen LogP contribution in [0.25, 0.3) is 11.4 Å². The van der Waals surface area contributed by atoms with Crippen molar-refractivity contribution >= 4 is 29.1 Å². The largest absolute Gasteiger partial charge is 0.469 e. The van der Waals surface area contributed by atoms with Gasteiger partial charge in [0.2, 0.25) is 5.91 Å². The van der Waals surface area contributed by atoms with Crippen molar-refractivity contribution in [3.05, 3.63) is 47.9 Å². The molecule has 0 aliphatic heterocycles. The van der Waals surface area contributed by atoms with E-state index >= 15 is 0 Å². The van der Waals surface area contributed by atoms with Gasteiger partial charge in [-0.2, -0.15) is 0 Å². The Morgan fingerprint density at radius 2 is 1.89 bits per heavy atom. The number of furan rings is 1. The van der Waals surface area contributed by atoms with E-state index in [4.69, 9.17) is 4.42 Å². The highest BCUT2D eigenvalue weighted by Crippen LogP contribution is 2.29. The van der Waals surface area contributed by atoms with Crippen molar-refractivity contribution in [3.8, 4) is 11.4 Å². The van der Waals surface area contributed by atoms with Crippen LogP contribution in [0, 0.1) is 6.92 Å². The van der Waals surface area contributed by atoms with Gasteiger partial charge < -0.3 is 14.3 Å². The molecule has 1 aromatic carbocycles. The summed E-state index contributed by atoms with van der Waals surface area (Å²) in [6.45, 7) is 5.15. The first kappa shape index (κ1) is 18.9. The molecule has 0 fully saturated rings. The third-order valence-corrected chi connectivity index (χ3v) is 5.21. The summed E-state index contributed by atoms with van der Waals surface area (Å²) in [6, 6.07) is 8.70. The molecule has 1 atom stereocenters. The summed E-state index contributed by atoms with van der Waals surface area (Å²) in [6.07, 6.45) is 1.61. The first-order valence-electron chi connectivity index (χ1n) is 8.39. The molecule has 3 rings (SSSR count). The average Bonchev–Trinajstić information content (AvgIpc) is 3.20. The summed E-state index contributed by atoms with van der Waals surface area (Å²) in [4.78, 5) is 23.8. The maximum absolute atomic E-state index is 12.7. The fourth-order valence-electron chi connectivity index (χ4n) is 2.64. The normalized spacial score (nSPS) is 12.0. The summed E-state index contributed by atoms with van der Waals surface area (Å²) in [5, 5.41) is 11.4. The first-order chi connectivity index (χ1) is 12.9. The van der Waals surface area contributed by atoms with Gasteiger partial charge >= 0.3 is 0 Å². The van der Waals surface area contributed by atoms with Crippen LogP contribution in [-0.4, -0.2) is 31.7 Å². The molecule has 1 amide bonds. The summed E-state index contributed by atoms with van der Waals surface area (Å²) >= 11 is 1.35. The Morgan fingerprint density at radius 3 is 2.48 bits per heavy atom. The van der Waals surface area contributed by atoms with Gasteiger partial charge in [0.1, 0.15) is 5.76 Å². The molecule has 0 radical (unpaired) electrons. The van der Waals surface area contributed by atoms with Crippen molar-refractivity contribution in [3.63, 3.8) is 0 Å². The van der Waals surface area contributed by atoms with E-state index in [-0.39, 0.29) is 16.9 Å². The lowest BCUT2D eigenvalue weighted by Crippen LogP contribution is -2.14. The molecule has 140 valence electrons. The van der Waals surface area contributed by atoms with Gasteiger partial charge in [0.25, 0.3) is 0 Å². The zero-order valence-corrected chi connectivity index (χ0v) is 16.3. The molecule has 0 saturated heterocycles. The van der Waals surface area contributed by atoms with E-state index in [1.54, 1.807) is 30.5 Å². The Kier molecular flexibility index (Phi) is 5.46. The Balaban J connectivity index is 1.73. The number of amides is 1. The smallest absolute Gasteiger partial charge is 0.221 e. The van der Waals surface area contributed by atoms with Gasteiger partial charge in [-0.3, -0.25) is 9.59 Å². The van der Waals surface area contributed by atoms with Crippen LogP contribution >= 0.6 is 11.8 Å². The fourth-order valence-corrected chi connectivity index (χ4v) is 3.53. The van der Waals surface area contributed by atoms with E-state index in [2.05, 4.69) is 15.5 Å². The van der Waals surface area contributed by atoms with Crippen molar-refractivity contribution < 1.29 is 14.0 Å². The summed E-state index contributed by atoms with van der Waals surface area (Å²) < 4.78 is 7.18. The molecule has 0 bridgehead atoms. The second-order valence-electron chi connectivity index (χ2n) is 6.14. The first-order valence-corrected chi connectivity index (χ1v) is 9.27. The molecular weight excluding hydrogens is 364 g/mol. The zero-order chi connectivity index (χ0) is 19.6. The van der Waals surface area contributed by atoms with Crippen LogP contribution in [0.4, 0.5) is 5.69 Å². The Hall–Kier alpha value is -2.87. The van der Waals surface area contributed by atoms with Crippen molar-refractivity contribution in [2.45, 2.75) is 31.2 Å². The summed E-state index contributed by atoms with van der Waals surface area (Å²) in [7, 11) is 1.86. The number of Topliss-reactive ketones (excluding diaryl/α,β-unsaturated/α-hetero) is 1. The van der Waals surface area contributed by atoms with E-state index in [9.17, 15) is 9.59 Å². The molecule has 0 saturated carbocycles. The lowest BCUT2D eigenvalue weighted by Gasteiger charge is -2.10. The minimum atomic E-state index is -0.335. The number of nitrogens with one attached hydrogen (secondary N) is 1.